The van der Waals surface area contributed by atoms with Gasteiger partial charge in [0.1, 0.15) is 10.8 Å². The van der Waals surface area contributed by atoms with Gasteiger partial charge in [0.15, 0.2) is 0 Å². The molecule has 0 amide bonds. The van der Waals surface area contributed by atoms with Crippen LogP contribution in [0.4, 0.5) is 5.69 Å². The number of nitro groups is 1. The summed E-state index contributed by atoms with van der Waals surface area (Å²) in [6.07, 6.45) is 1.22. The normalized spacial score (nSPS) is 9.31. The molecule has 0 aliphatic carbocycles. The molecule has 5 heteroatoms. The molecule has 13 heavy (non-hydrogen) atoms. The van der Waals surface area contributed by atoms with Crippen LogP contribution in [0.2, 0.25) is 5.02 Å². The molecule has 0 atom stereocenters. The van der Waals surface area contributed by atoms with E-state index in [0.717, 1.165) is 0 Å². The first kappa shape index (κ1) is 9.54. The highest BCUT2D eigenvalue weighted by Crippen LogP contribution is 2.28. The van der Waals surface area contributed by atoms with Crippen molar-refractivity contribution in [3.63, 3.8) is 0 Å². The van der Waals surface area contributed by atoms with Crippen molar-refractivity contribution >= 4 is 17.3 Å². The smallest absolute Gasteiger partial charge is 0.288 e. The van der Waals surface area contributed by atoms with Crippen molar-refractivity contribution in [2.24, 2.45) is 0 Å². The van der Waals surface area contributed by atoms with Gasteiger partial charge in [-0.2, -0.15) is 0 Å². The van der Waals surface area contributed by atoms with E-state index in [-0.39, 0.29) is 10.7 Å². The molecule has 0 spiro atoms. The highest BCUT2D eigenvalue weighted by atomic mass is 35.5. The number of ether oxygens (including phenoxy) is 1. The van der Waals surface area contributed by atoms with Crippen molar-refractivity contribution in [3.05, 3.63) is 46.2 Å². The number of hydrogen-bond donors (Lipinski definition) is 0. The number of hydrogen-bond acceptors (Lipinski definition) is 3. The van der Waals surface area contributed by atoms with Crippen molar-refractivity contribution in [3.8, 4) is 5.75 Å². The van der Waals surface area contributed by atoms with Crippen molar-refractivity contribution < 1.29 is 9.66 Å². The standard InChI is InChI=1S/C8H6ClNO3/c1-2-13-6-3-4-8(10(11)12)7(9)5-6/h2-5H,1H2. The predicted molar refractivity (Wildman–Crippen MR) is 48.9 cm³/mol. The van der Waals surface area contributed by atoms with Gasteiger partial charge in [0.2, 0.25) is 0 Å². The first-order valence-electron chi connectivity index (χ1n) is 3.36. The molecule has 0 unspecified atom stereocenters. The van der Waals surface area contributed by atoms with Crippen LogP contribution in [0.5, 0.6) is 5.75 Å². The molecule has 0 fully saturated rings. The molecule has 68 valence electrons. The fourth-order valence-electron chi connectivity index (χ4n) is 0.805. The highest BCUT2D eigenvalue weighted by Gasteiger charge is 2.11. The van der Waals surface area contributed by atoms with Gasteiger partial charge in [-0.3, -0.25) is 10.1 Å². The molecule has 1 aromatic carbocycles. The molecule has 0 bridgehead atoms. The molecule has 0 N–H and O–H groups in total. The van der Waals surface area contributed by atoms with Crippen LogP contribution in [-0.4, -0.2) is 4.92 Å². The van der Waals surface area contributed by atoms with Crippen LogP contribution < -0.4 is 4.74 Å². The summed E-state index contributed by atoms with van der Waals surface area (Å²) in [6, 6.07) is 4.09. The van der Waals surface area contributed by atoms with Crippen LogP contribution in [-0.2, 0) is 0 Å². The highest BCUT2D eigenvalue weighted by molar-refractivity contribution is 6.32. The Balaban J connectivity index is 3.05. The predicted octanol–water partition coefficient (Wildman–Crippen LogP) is 2.77. The average Bonchev–Trinajstić information content (AvgIpc) is 2.04. The minimum atomic E-state index is -0.556. The summed E-state index contributed by atoms with van der Waals surface area (Å²) in [5.74, 6) is 0.422. The molecule has 1 aromatic rings. The Bertz CT molecular complexity index is 351. The molecule has 0 aliphatic heterocycles. The van der Waals surface area contributed by atoms with Crippen LogP contribution in [0, 0.1) is 10.1 Å². The molecule has 0 radical (unpaired) electrons. The summed E-state index contributed by atoms with van der Waals surface area (Å²) in [4.78, 5) is 9.80. The fraction of sp³-hybridized carbons (Fsp3) is 0. The molecule has 4 nitrogen and oxygen atoms in total. The van der Waals surface area contributed by atoms with Gasteiger partial charge in [0, 0.05) is 12.1 Å². The third kappa shape index (κ3) is 2.19. The zero-order valence-corrected chi connectivity index (χ0v) is 7.32. The van der Waals surface area contributed by atoms with Gasteiger partial charge in [-0.25, -0.2) is 0 Å². The Kier molecular flexibility index (Phi) is 2.87. The van der Waals surface area contributed by atoms with E-state index in [1.54, 1.807) is 0 Å². The topological polar surface area (TPSA) is 52.4 Å². The molecule has 0 saturated carbocycles. The zero-order valence-electron chi connectivity index (χ0n) is 6.57. The van der Waals surface area contributed by atoms with Crippen molar-refractivity contribution in [1.82, 2.24) is 0 Å². The quantitative estimate of drug-likeness (QED) is 0.427. The van der Waals surface area contributed by atoms with Crippen molar-refractivity contribution in [2.45, 2.75) is 0 Å². The monoisotopic (exact) mass is 199 g/mol. The van der Waals surface area contributed by atoms with Crippen LogP contribution >= 0.6 is 11.6 Å². The van der Waals surface area contributed by atoms with E-state index in [1.165, 1.54) is 24.5 Å². The maximum atomic E-state index is 10.4. The lowest BCUT2D eigenvalue weighted by Gasteiger charge is -1.99. The minimum absolute atomic E-state index is 0.0457. The Labute approximate surface area is 79.5 Å². The van der Waals surface area contributed by atoms with Gasteiger partial charge >= 0.3 is 0 Å². The van der Waals surface area contributed by atoms with Gasteiger partial charge in [0.05, 0.1) is 11.2 Å². The van der Waals surface area contributed by atoms with Gasteiger partial charge in [-0.05, 0) is 6.07 Å². The van der Waals surface area contributed by atoms with Gasteiger partial charge in [0.25, 0.3) is 5.69 Å². The Morgan fingerprint density at radius 2 is 2.31 bits per heavy atom. The molecule has 0 heterocycles. The van der Waals surface area contributed by atoms with Crippen molar-refractivity contribution in [2.75, 3.05) is 0 Å². The first-order valence-corrected chi connectivity index (χ1v) is 3.74. The minimum Gasteiger partial charge on any atom is -0.466 e. The number of nitro benzene ring substituents is 1. The van der Waals surface area contributed by atoms with E-state index in [2.05, 4.69) is 6.58 Å². The molecule has 1 rings (SSSR count). The van der Waals surface area contributed by atoms with E-state index < -0.39 is 4.92 Å². The Morgan fingerprint density at radius 1 is 1.62 bits per heavy atom. The zero-order chi connectivity index (χ0) is 9.84. The molecule has 0 saturated heterocycles. The van der Waals surface area contributed by atoms with E-state index >= 15 is 0 Å². The summed E-state index contributed by atoms with van der Waals surface area (Å²) >= 11 is 5.60. The van der Waals surface area contributed by atoms with Crippen LogP contribution in [0.3, 0.4) is 0 Å². The molecule has 0 aliphatic rings. The third-order valence-electron chi connectivity index (χ3n) is 1.34. The summed E-state index contributed by atoms with van der Waals surface area (Å²) in [6.45, 7) is 3.34. The number of nitrogens with zero attached hydrogens (tertiary/aromatic N) is 1. The number of halogens is 1. The molecule has 0 aromatic heterocycles. The van der Waals surface area contributed by atoms with Crippen LogP contribution in [0.25, 0.3) is 0 Å². The van der Waals surface area contributed by atoms with E-state index in [1.807, 2.05) is 0 Å². The number of rotatable bonds is 3. The summed E-state index contributed by atoms with van der Waals surface area (Å²) < 4.78 is 4.88. The van der Waals surface area contributed by atoms with Gasteiger partial charge in [-0.1, -0.05) is 18.2 Å². The Morgan fingerprint density at radius 3 is 2.77 bits per heavy atom. The lowest BCUT2D eigenvalue weighted by molar-refractivity contribution is -0.384. The molecular formula is C8H6ClNO3. The summed E-state index contributed by atoms with van der Waals surface area (Å²) in [5, 5.41) is 10.4. The van der Waals surface area contributed by atoms with E-state index in [0.29, 0.717) is 5.75 Å². The Hall–Kier alpha value is -1.55. The first-order chi connectivity index (χ1) is 6.15. The largest absolute Gasteiger partial charge is 0.466 e. The van der Waals surface area contributed by atoms with Gasteiger partial charge < -0.3 is 4.74 Å². The van der Waals surface area contributed by atoms with E-state index in [4.69, 9.17) is 16.3 Å². The van der Waals surface area contributed by atoms with Gasteiger partial charge in [-0.15, -0.1) is 0 Å². The lowest BCUT2D eigenvalue weighted by atomic mass is 10.3. The average molecular weight is 200 g/mol. The molecular weight excluding hydrogens is 194 g/mol. The lowest BCUT2D eigenvalue weighted by Crippen LogP contribution is -1.89. The van der Waals surface area contributed by atoms with Crippen LogP contribution in [0.15, 0.2) is 31.0 Å². The second kappa shape index (κ2) is 3.91. The van der Waals surface area contributed by atoms with Crippen LogP contribution in [0.1, 0.15) is 0 Å². The van der Waals surface area contributed by atoms with E-state index in [9.17, 15) is 10.1 Å². The fourth-order valence-corrected chi connectivity index (χ4v) is 1.04. The summed E-state index contributed by atoms with van der Waals surface area (Å²) in [5.41, 5.74) is -0.141. The summed E-state index contributed by atoms with van der Waals surface area (Å²) in [7, 11) is 0. The second-order valence-electron chi connectivity index (χ2n) is 2.15. The SMILES string of the molecule is C=COc1ccc([N+](=O)[O-])c(Cl)c1. The maximum absolute atomic E-state index is 10.4. The second-order valence-corrected chi connectivity index (χ2v) is 2.56. The number of benzene rings is 1. The third-order valence-corrected chi connectivity index (χ3v) is 1.64. The maximum Gasteiger partial charge on any atom is 0.288 e. The van der Waals surface area contributed by atoms with Crippen molar-refractivity contribution in [1.29, 1.82) is 0 Å².